The second kappa shape index (κ2) is 4.48. The number of amides is 1. The van der Waals surface area contributed by atoms with Crippen molar-refractivity contribution in [1.82, 2.24) is 9.88 Å². The zero-order valence-electron chi connectivity index (χ0n) is 11.4. The first-order valence-corrected chi connectivity index (χ1v) is 6.34. The minimum absolute atomic E-state index is 0.00306. The maximum atomic E-state index is 12.1. The monoisotopic (exact) mass is 244 g/mol. The number of nitrogens with zero attached hydrogens (tertiary/aromatic N) is 1. The Morgan fingerprint density at radius 2 is 1.94 bits per heavy atom. The lowest BCUT2D eigenvalue weighted by atomic mass is 10.1. The minimum Gasteiger partial charge on any atom is -0.352 e. The molecule has 0 bridgehead atoms. The van der Waals surface area contributed by atoms with Crippen molar-refractivity contribution >= 4 is 16.8 Å². The molecule has 0 spiro atoms. The summed E-state index contributed by atoms with van der Waals surface area (Å²) in [7, 11) is 0. The Hall–Kier alpha value is -1.77. The van der Waals surface area contributed by atoms with E-state index in [1.54, 1.807) is 0 Å². The van der Waals surface area contributed by atoms with Gasteiger partial charge in [-0.3, -0.25) is 4.79 Å². The molecule has 3 heteroatoms. The number of benzene rings is 1. The van der Waals surface area contributed by atoms with E-state index in [0.29, 0.717) is 6.54 Å². The zero-order chi connectivity index (χ0) is 13.3. The summed E-state index contributed by atoms with van der Waals surface area (Å²) >= 11 is 0. The Labute approximate surface area is 108 Å². The summed E-state index contributed by atoms with van der Waals surface area (Å²) in [6.07, 6.45) is 1.95. The molecular formula is C15H20N2O. The van der Waals surface area contributed by atoms with Crippen LogP contribution in [0.15, 0.2) is 30.5 Å². The maximum absolute atomic E-state index is 12.1. The van der Waals surface area contributed by atoms with Gasteiger partial charge in [0.15, 0.2) is 0 Å². The Morgan fingerprint density at radius 3 is 2.56 bits per heavy atom. The number of hydrogen-bond donors (Lipinski definition) is 1. The van der Waals surface area contributed by atoms with Crippen molar-refractivity contribution in [3.05, 3.63) is 36.0 Å². The van der Waals surface area contributed by atoms with Gasteiger partial charge in [0.05, 0.1) is 5.56 Å². The summed E-state index contributed by atoms with van der Waals surface area (Å²) in [6, 6.07) is 8.04. The average Bonchev–Trinajstić information content (AvgIpc) is 2.68. The van der Waals surface area contributed by atoms with Crippen molar-refractivity contribution in [3.8, 4) is 0 Å². The van der Waals surface area contributed by atoms with Crippen LogP contribution in [0.5, 0.6) is 0 Å². The average molecular weight is 244 g/mol. The number of hydrogen-bond acceptors (Lipinski definition) is 1. The van der Waals surface area contributed by atoms with Crippen LogP contribution in [0, 0.1) is 0 Å². The lowest BCUT2D eigenvalue weighted by Crippen LogP contribution is -2.23. The second-order valence-electron chi connectivity index (χ2n) is 5.46. The van der Waals surface area contributed by atoms with Gasteiger partial charge in [-0.15, -0.1) is 0 Å². The summed E-state index contributed by atoms with van der Waals surface area (Å²) < 4.78 is 2.16. The van der Waals surface area contributed by atoms with Gasteiger partial charge in [0.2, 0.25) is 0 Å². The van der Waals surface area contributed by atoms with Crippen molar-refractivity contribution in [2.45, 2.75) is 33.2 Å². The van der Waals surface area contributed by atoms with Crippen LogP contribution in [-0.2, 0) is 5.54 Å². The van der Waals surface area contributed by atoms with Crippen LogP contribution in [0.4, 0.5) is 0 Å². The Morgan fingerprint density at radius 1 is 1.28 bits per heavy atom. The standard InChI is InChI=1S/C15H20N2O/c1-5-16-14(18)12-10-17(15(2,3)4)13-9-7-6-8-11(12)13/h6-10H,5H2,1-4H3,(H,16,18). The van der Waals surface area contributed by atoms with Gasteiger partial charge >= 0.3 is 0 Å². The van der Waals surface area contributed by atoms with E-state index in [1.807, 2.05) is 31.3 Å². The van der Waals surface area contributed by atoms with Gasteiger partial charge in [-0.25, -0.2) is 0 Å². The number of carbonyl (C=O) groups excluding carboxylic acids is 1. The van der Waals surface area contributed by atoms with Crippen molar-refractivity contribution in [2.24, 2.45) is 0 Å². The van der Waals surface area contributed by atoms with E-state index < -0.39 is 0 Å². The van der Waals surface area contributed by atoms with E-state index in [0.717, 1.165) is 16.5 Å². The fraction of sp³-hybridized carbons (Fsp3) is 0.400. The van der Waals surface area contributed by atoms with Gasteiger partial charge in [-0.2, -0.15) is 0 Å². The Kier molecular flexibility index (Phi) is 3.16. The largest absolute Gasteiger partial charge is 0.352 e. The normalized spacial score (nSPS) is 11.8. The minimum atomic E-state index is -0.0374. The molecule has 1 aromatic heterocycles. The van der Waals surface area contributed by atoms with Crippen molar-refractivity contribution in [1.29, 1.82) is 0 Å². The number of nitrogens with one attached hydrogen (secondary N) is 1. The number of fused-ring (bicyclic) bond motifs is 1. The predicted octanol–water partition coefficient (Wildman–Crippen LogP) is 3.15. The van der Waals surface area contributed by atoms with E-state index in [4.69, 9.17) is 0 Å². The van der Waals surface area contributed by atoms with E-state index >= 15 is 0 Å². The molecule has 1 aromatic carbocycles. The summed E-state index contributed by atoms with van der Waals surface area (Å²) in [5.74, 6) is -0.00306. The molecule has 96 valence electrons. The number of aromatic nitrogens is 1. The van der Waals surface area contributed by atoms with Gasteiger partial charge in [0, 0.05) is 29.2 Å². The highest BCUT2D eigenvalue weighted by atomic mass is 16.1. The molecular weight excluding hydrogens is 224 g/mol. The van der Waals surface area contributed by atoms with E-state index in [1.165, 1.54) is 0 Å². The third-order valence-electron chi connectivity index (χ3n) is 3.02. The molecule has 0 aliphatic carbocycles. The zero-order valence-corrected chi connectivity index (χ0v) is 11.4. The van der Waals surface area contributed by atoms with Crippen LogP contribution in [-0.4, -0.2) is 17.0 Å². The van der Waals surface area contributed by atoms with Crippen molar-refractivity contribution < 1.29 is 4.79 Å². The molecule has 0 aliphatic heterocycles. The fourth-order valence-electron chi connectivity index (χ4n) is 2.17. The highest BCUT2D eigenvalue weighted by Crippen LogP contribution is 2.27. The molecule has 1 N–H and O–H groups in total. The van der Waals surface area contributed by atoms with Crippen LogP contribution < -0.4 is 5.32 Å². The topological polar surface area (TPSA) is 34.0 Å². The highest BCUT2D eigenvalue weighted by Gasteiger charge is 2.20. The molecule has 3 nitrogen and oxygen atoms in total. The quantitative estimate of drug-likeness (QED) is 0.865. The summed E-state index contributed by atoms with van der Waals surface area (Å²) in [4.78, 5) is 12.1. The molecule has 1 heterocycles. The molecule has 2 aromatic rings. The summed E-state index contributed by atoms with van der Waals surface area (Å²) in [5.41, 5.74) is 1.82. The lowest BCUT2D eigenvalue weighted by molar-refractivity contribution is 0.0957. The number of para-hydroxylation sites is 1. The molecule has 0 unspecified atom stereocenters. The van der Waals surface area contributed by atoms with Crippen LogP contribution in [0.2, 0.25) is 0 Å². The van der Waals surface area contributed by atoms with Crippen LogP contribution in [0.25, 0.3) is 10.9 Å². The van der Waals surface area contributed by atoms with Crippen LogP contribution >= 0.6 is 0 Å². The first-order valence-electron chi connectivity index (χ1n) is 6.34. The van der Waals surface area contributed by atoms with Gasteiger partial charge in [-0.1, -0.05) is 18.2 Å². The van der Waals surface area contributed by atoms with E-state index in [9.17, 15) is 4.79 Å². The molecule has 0 saturated heterocycles. The third-order valence-corrected chi connectivity index (χ3v) is 3.02. The molecule has 1 amide bonds. The molecule has 2 rings (SSSR count). The van der Waals surface area contributed by atoms with Gasteiger partial charge < -0.3 is 9.88 Å². The molecule has 0 saturated carbocycles. The van der Waals surface area contributed by atoms with Crippen molar-refractivity contribution in [2.75, 3.05) is 6.54 Å². The Bertz CT molecular complexity index is 576. The highest BCUT2D eigenvalue weighted by molar-refractivity contribution is 6.07. The van der Waals surface area contributed by atoms with Crippen LogP contribution in [0.3, 0.4) is 0 Å². The first-order chi connectivity index (χ1) is 8.45. The van der Waals surface area contributed by atoms with E-state index in [2.05, 4.69) is 36.7 Å². The number of carbonyl (C=O) groups is 1. The van der Waals surface area contributed by atoms with Gasteiger partial charge in [0.1, 0.15) is 0 Å². The van der Waals surface area contributed by atoms with Crippen LogP contribution in [0.1, 0.15) is 38.1 Å². The van der Waals surface area contributed by atoms with Crippen molar-refractivity contribution in [3.63, 3.8) is 0 Å². The molecule has 0 aliphatic rings. The van der Waals surface area contributed by atoms with E-state index in [-0.39, 0.29) is 11.4 Å². The first kappa shape index (κ1) is 12.7. The number of rotatable bonds is 2. The fourth-order valence-corrected chi connectivity index (χ4v) is 2.17. The second-order valence-corrected chi connectivity index (χ2v) is 5.46. The lowest BCUT2D eigenvalue weighted by Gasteiger charge is -2.22. The summed E-state index contributed by atoms with van der Waals surface area (Å²) in [6.45, 7) is 9.00. The summed E-state index contributed by atoms with van der Waals surface area (Å²) in [5, 5.41) is 3.88. The third kappa shape index (κ3) is 2.13. The molecule has 18 heavy (non-hydrogen) atoms. The smallest absolute Gasteiger partial charge is 0.253 e. The molecule has 0 radical (unpaired) electrons. The maximum Gasteiger partial charge on any atom is 0.253 e. The predicted molar refractivity (Wildman–Crippen MR) is 74.9 cm³/mol. The van der Waals surface area contributed by atoms with Gasteiger partial charge in [0.25, 0.3) is 5.91 Å². The molecule has 0 fully saturated rings. The van der Waals surface area contributed by atoms with Gasteiger partial charge in [-0.05, 0) is 33.8 Å². The SMILES string of the molecule is CCNC(=O)c1cn(C(C)(C)C)c2ccccc12. The Balaban J connectivity index is 2.65. The molecule has 0 atom stereocenters.